The highest BCUT2D eigenvalue weighted by atomic mass is 16.5. The summed E-state index contributed by atoms with van der Waals surface area (Å²) in [6.45, 7) is 19.8. The first-order chi connectivity index (χ1) is 20.0. The van der Waals surface area contributed by atoms with E-state index < -0.39 is 0 Å². The molecule has 0 unspecified atom stereocenters. The lowest BCUT2D eigenvalue weighted by Crippen LogP contribution is -2.71. The highest BCUT2D eigenvalue weighted by Crippen LogP contribution is 2.78. The zero-order valence-electron chi connectivity index (χ0n) is 28.1. The van der Waals surface area contributed by atoms with E-state index >= 15 is 0 Å². The minimum absolute atomic E-state index is 0.0137. The van der Waals surface area contributed by atoms with Crippen molar-refractivity contribution < 1.29 is 19.4 Å². The van der Waals surface area contributed by atoms with Crippen molar-refractivity contribution in [3.63, 3.8) is 0 Å². The average Bonchev–Trinajstić information content (AvgIpc) is 2.93. The molecule has 0 aromatic heterocycles. The first-order valence-electron chi connectivity index (χ1n) is 17.2. The lowest BCUT2D eigenvalue weighted by molar-refractivity contribution is -0.284. The number of fused-ring (bicyclic) bond motifs is 7. The number of Topliss-reactive ketones (excluding diaryl/α,β-unsaturated/α-hetero) is 1. The van der Waals surface area contributed by atoms with Gasteiger partial charge in [-0.25, -0.2) is 4.79 Å². The van der Waals surface area contributed by atoms with Gasteiger partial charge in [-0.05, 0) is 126 Å². The first-order valence-corrected chi connectivity index (χ1v) is 17.2. The molecule has 0 aliphatic heterocycles. The topological polar surface area (TPSA) is 63.6 Å². The molecule has 10 atom stereocenters. The molecule has 6 rings (SSSR count). The predicted molar refractivity (Wildman–Crippen MR) is 172 cm³/mol. The number of phenols is 1. The SMILES string of the molecule is C[C@H]1C(=O)CC[C@@H]2[C@]1(C)C[C@@H](OC(=O)/C=C/c1ccc(O)cc1)[C@H]1[C@@]2(C)CC[C@@]2(C)[C@@H]3CC(C)(C)CC[C@]3(C)CC[C@]12C. The van der Waals surface area contributed by atoms with Gasteiger partial charge in [0.1, 0.15) is 17.6 Å². The van der Waals surface area contributed by atoms with Gasteiger partial charge in [0.2, 0.25) is 0 Å². The van der Waals surface area contributed by atoms with Gasteiger partial charge in [0, 0.05) is 24.3 Å². The quantitative estimate of drug-likeness (QED) is 0.282. The fourth-order valence-corrected chi connectivity index (χ4v) is 12.3. The van der Waals surface area contributed by atoms with E-state index in [0.717, 1.165) is 24.8 Å². The number of rotatable bonds is 3. The van der Waals surface area contributed by atoms with E-state index in [9.17, 15) is 14.7 Å². The number of hydrogen-bond acceptors (Lipinski definition) is 4. The van der Waals surface area contributed by atoms with Crippen molar-refractivity contribution in [2.75, 3.05) is 0 Å². The normalized spacial score (nSPS) is 47.2. The minimum atomic E-state index is -0.299. The molecular weight excluding hydrogens is 532 g/mol. The molecule has 4 nitrogen and oxygen atoms in total. The number of benzene rings is 1. The standard InChI is InChI=1S/C39H56O4/c1-25-28(41)14-15-30-36(5)20-22-38(7)31-24-34(2,3)17-18-35(31,4)19-21-39(38,8)33(36)29(23-37(25,30)6)43-32(42)16-11-26-9-12-27(40)13-10-26/h9-13,16,25,29-31,33,40H,14-15,17-24H2,1-8H3/b16-11+/t25-,29+,30-,31+,33-,35+,36-,37+,38-,39+/m0/s1. The molecule has 1 N–H and O–H groups in total. The monoisotopic (exact) mass is 588 g/mol. The van der Waals surface area contributed by atoms with Crippen molar-refractivity contribution in [2.45, 2.75) is 126 Å². The Morgan fingerprint density at radius 3 is 2.19 bits per heavy atom. The molecule has 4 heteroatoms. The Morgan fingerprint density at radius 2 is 1.49 bits per heavy atom. The number of aromatic hydroxyl groups is 1. The summed E-state index contributed by atoms with van der Waals surface area (Å²) < 4.78 is 6.64. The molecule has 0 amide bonds. The van der Waals surface area contributed by atoms with Crippen LogP contribution in [0.5, 0.6) is 5.75 Å². The zero-order chi connectivity index (χ0) is 31.2. The Kier molecular flexibility index (Phi) is 7.15. The van der Waals surface area contributed by atoms with Crippen LogP contribution in [0.2, 0.25) is 0 Å². The van der Waals surface area contributed by atoms with Gasteiger partial charge in [0.05, 0.1) is 0 Å². The fourth-order valence-electron chi connectivity index (χ4n) is 12.3. The Hall–Kier alpha value is -2.10. The summed E-state index contributed by atoms with van der Waals surface area (Å²) in [5, 5.41) is 9.66. The number of carbonyl (C=O) groups is 2. The van der Waals surface area contributed by atoms with E-state index in [1.807, 2.05) is 0 Å². The van der Waals surface area contributed by atoms with Crippen LogP contribution in [0.4, 0.5) is 0 Å². The Balaban J connectivity index is 1.41. The van der Waals surface area contributed by atoms with Gasteiger partial charge < -0.3 is 9.84 Å². The maximum atomic E-state index is 13.6. The predicted octanol–water partition coefficient (Wildman–Crippen LogP) is 9.40. The molecule has 5 saturated carbocycles. The maximum absolute atomic E-state index is 13.6. The van der Waals surface area contributed by atoms with Crippen LogP contribution in [0.15, 0.2) is 30.3 Å². The molecule has 0 heterocycles. The summed E-state index contributed by atoms with van der Waals surface area (Å²) in [4.78, 5) is 26.8. The molecule has 5 aliphatic carbocycles. The van der Waals surface area contributed by atoms with Crippen LogP contribution in [-0.4, -0.2) is 23.0 Å². The van der Waals surface area contributed by atoms with E-state index in [-0.39, 0.29) is 51.3 Å². The lowest BCUT2D eigenvalue weighted by Gasteiger charge is -2.75. The summed E-state index contributed by atoms with van der Waals surface area (Å²) in [6, 6.07) is 6.87. The molecule has 0 spiro atoms. The summed E-state index contributed by atoms with van der Waals surface area (Å²) in [5.74, 6) is 1.65. The van der Waals surface area contributed by atoms with Crippen LogP contribution in [0, 0.1) is 56.2 Å². The second-order valence-electron chi connectivity index (χ2n) is 17.8. The van der Waals surface area contributed by atoms with E-state index in [1.165, 1.54) is 38.5 Å². The van der Waals surface area contributed by atoms with Crippen LogP contribution in [-0.2, 0) is 14.3 Å². The summed E-state index contributed by atoms with van der Waals surface area (Å²) >= 11 is 0. The largest absolute Gasteiger partial charge is 0.508 e. The average molecular weight is 589 g/mol. The van der Waals surface area contributed by atoms with Gasteiger partial charge in [-0.1, -0.05) is 67.5 Å². The van der Waals surface area contributed by atoms with Crippen molar-refractivity contribution in [1.82, 2.24) is 0 Å². The van der Waals surface area contributed by atoms with Crippen molar-refractivity contribution in [3.8, 4) is 5.75 Å². The van der Waals surface area contributed by atoms with E-state index in [2.05, 4.69) is 55.4 Å². The van der Waals surface area contributed by atoms with Gasteiger partial charge in [-0.2, -0.15) is 0 Å². The first kappa shape index (κ1) is 30.9. The second-order valence-corrected chi connectivity index (χ2v) is 17.8. The van der Waals surface area contributed by atoms with Crippen molar-refractivity contribution in [2.24, 2.45) is 56.2 Å². The number of ketones is 1. The van der Waals surface area contributed by atoms with Crippen LogP contribution in [0.1, 0.15) is 125 Å². The Labute approximate surface area is 260 Å². The molecule has 5 fully saturated rings. The smallest absolute Gasteiger partial charge is 0.331 e. The van der Waals surface area contributed by atoms with Crippen molar-refractivity contribution in [3.05, 3.63) is 35.9 Å². The fraction of sp³-hybridized carbons (Fsp3) is 0.744. The summed E-state index contributed by atoms with van der Waals surface area (Å²) in [5.41, 5.74) is 1.66. The lowest BCUT2D eigenvalue weighted by atomic mass is 9.29. The summed E-state index contributed by atoms with van der Waals surface area (Å²) in [6.07, 6.45) is 14.3. The third-order valence-electron chi connectivity index (χ3n) is 15.2. The van der Waals surface area contributed by atoms with E-state index in [0.29, 0.717) is 34.9 Å². The van der Waals surface area contributed by atoms with Crippen LogP contribution >= 0.6 is 0 Å². The van der Waals surface area contributed by atoms with Gasteiger partial charge >= 0.3 is 5.97 Å². The van der Waals surface area contributed by atoms with Crippen LogP contribution < -0.4 is 0 Å². The minimum Gasteiger partial charge on any atom is -0.508 e. The van der Waals surface area contributed by atoms with Crippen molar-refractivity contribution in [1.29, 1.82) is 0 Å². The van der Waals surface area contributed by atoms with Gasteiger partial charge in [0.15, 0.2) is 0 Å². The van der Waals surface area contributed by atoms with Gasteiger partial charge in [-0.15, -0.1) is 0 Å². The van der Waals surface area contributed by atoms with E-state index in [4.69, 9.17) is 4.74 Å². The molecule has 1 aromatic rings. The number of carbonyl (C=O) groups excluding carboxylic acids is 2. The summed E-state index contributed by atoms with van der Waals surface area (Å²) in [7, 11) is 0. The molecule has 0 bridgehead atoms. The second kappa shape index (κ2) is 9.95. The third-order valence-corrected chi connectivity index (χ3v) is 15.2. The maximum Gasteiger partial charge on any atom is 0.331 e. The molecule has 0 radical (unpaired) electrons. The third kappa shape index (κ3) is 4.58. The number of hydrogen-bond donors (Lipinski definition) is 1. The highest BCUT2D eigenvalue weighted by Gasteiger charge is 2.73. The van der Waals surface area contributed by atoms with Crippen LogP contribution in [0.25, 0.3) is 6.08 Å². The Morgan fingerprint density at radius 1 is 0.837 bits per heavy atom. The Bertz CT molecular complexity index is 1310. The number of phenolic OH excluding ortho intramolecular Hbond substituents is 1. The molecule has 1 aromatic carbocycles. The molecule has 236 valence electrons. The van der Waals surface area contributed by atoms with E-state index in [1.54, 1.807) is 36.4 Å². The van der Waals surface area contributed by atoms with Gasteiger partial charge in [0.25, 0.3) is 0 Å². The number of esters is 1. The molecule has 43 heavy (non-hydrogen) atoms. The van der Waals surface area contributed by atoms with Crippen LogP contribution in [0.3, 0.4) is 0 Å². The molecule has 0 saturated heterocycles. The zero-order valence-corrected chi connectivity index (χ0v) is 28.1. The number of ether oxygens (including phenoxy) is 1. The van der Waals surface area contributed by atoms with Gasteiger partial charge in [-0.3, -0.25) is 4.79 Å². The molecular formula is C39H56O4. The molecule has 5 aliphatic rings. The highest BCUT2D eigenvalue weighted by molar-refractivity contribution is 5.87. The van der Waals surface area contributed by atoms with Crippen molar-refractivity contribution >= 4 is 17.8 Å².